The van der Waals surface area contributed by atoms with Gasteiger partial charge in [0, 0.05) is 24.6 Å². The van der Waals surface area contributed by atoms with Gasteiger partial charge in [-0.3, -0.25) is 9.78 Å². The van der Waals surface area contributed by atoms with E-state index in [0.29, 0.717) is 16.8 Å². The van der Waals surface area contributed by atoms with Crippen LogP contribution in [0.15, 0.2) is 54.4 Å². The van der Waals surface area contributed by atoms with E-state index in [1.165, 1.54) is 31.3 Å². The van der Waals surface area contributed by atoms with Crippen LogP contribution in [0.2, 0.25) is 0 Å². The minimum Gasteiger partial charge on any atom is -0.383 e. The Balaban J connectivity index is 1.58. The van der Waals surface area contributed by atoms with Crippen molar-refractivity contribution >= 4 is 17.3 Å². The number of carbonyl (C=O) groups excluding carboxylic acids is 1. The minimum atomic E-state index is -0.244. The maximum absolute atomic E-state index is 12.4. The summed E-state index contributed by atoms with van der Waals surface area (Å²) in [6, 6.07) is 10.7. The van der Waals surface area contributed by atoms with Crippen molar-refractivity contribution in [2.75, 3.05) is 17.2 Å². The fourth-order valence-corrected chi connectivity index (χ4v) is 3.03. The number of pyridine rings is 1. The molecule has 1 aromatic heterocycles. The molecule has 2 N–H and O–H groups in total. The molecule has 2 aromatic rings. The molecule has 132 valence electrons. The third-order valence-electron chi connectivity index (χ3n) is 4.41. The molecule has 1 heterocycles. The van der Waals surface area contributed by atoms with Gasteiger partial charge in [0.05, 0.1) is 22.9 Å². The van der Waals surface area contributed by atoms with Gasteiger partial charge in [0.2, 0.25) is 0 Å². The molecule has 0 fully saturated rings. The number of hydrogen-bond donors (Lipinski definition) is 2. The summed E-state index contributed by atoms with van der Waals surface area (Å²) in [6.07, 6.45) is 11.6. The Kier molecular flexibility index (Phi) is 6.00. The van der Waals surface area contributed by atoms with Crippen LogP contribution in [-0.2, 0) is 0 Å². The maximum atomic E-state index is 12.4. The molecule has 1 aliphatic carbocycles. The first-order chi connectivity index (χ1) is 12.7. The van der Waals surface area contributed by atoms with Gasteiger partial charge in [-0.15, -0.1) is 0 Å². The van der Waals surface area contributed by atoms with Crippen LogP contribution in [0.3, 0.4) is 0 Å². The lowest BCUT2D eigenvalue weighted by atomic mass is 9.97. The number of hydrogen-bond acceptors (Lipinski definition) is 4. The van der Waals surface area contributed by atoms with Crippen LogP contribution in [0.1, 0.15) is 48.0 Å². The summed E-state index contributed by atoms with van der Waals surface area (Å²) in [5, 5.41) is 15.1. The Bertz CT molecular complexity index is 851. The number of nitrogens with zero attached hydrogens (tertiary/aromatic N) is 2. The molecular formula is C21H22N4O. The molecule has 0 radical (unpaired) electrons. The third kappa shape index (κ3) is 4.93. The number of carbonyl (C=O) groups is 1. The van der Waals surface area contributed by atoms with Gasteiger partial charge in [-0.05, 0) is 56.4 Å². The van der Waals surface area contributed by atoms with E-state index in [4.69, 9.17) is 5.26 Å². The number of aromatic nitrogens is 1. The molecule has 1 amide bonds. The van der Waals surface area contributed by atoms with E-state index < -0.39 is 0 Å². The van der Waals surface area contributed by atoms with Gasteiger partial charge in [-0.25, -0.2) is 0 Å². The second-order valence-corrected chi connectivity index (χ2v) is 6.39. The Hall–Kier alpha value is -3.13. The van der Waals surface area contributed by atoms with Gasteiger partial charge in [-0.2, -0.15) is 5.26 Å². The summed E-state index contributed by atoms with van der Waals surface area (Å²) < 4.78 is 0. The first-order valence-electron chi connectivity index (χ1n) is 8.93. The van der Waals surface area contributed by atoms with E-state index in [9.17, 15) is 4.79 Å². The van der Waals surface area contributed by atoms with Crippen molar-refractivity contribution in [2.24, 2.45) is 0 Å². The van der Waals surface area contributed by atoms with E-state index >= 15 is 0 Å². The van der Waals surface area contributed by atoms with Gasteiger partial charge in [0.15, 0.2) is 0 Å². The zero-order valence-corrected chi connectivity index (χ0v) is 14.7. The van der Waals surface area contributed by atoms with Crippen LogP contribution < -0.4 is 10.6 Å². The maximum Gasteiger partial charge on any atom is 0.257 e. The average Bonchev–Trinajstić information content (AvgIpc) is 2.69. The van der Waals surface area contributed by atoms with Gasteiger partial charge in [0.1, 0.15) is 0 Å². The zero-order chi connectivity index (χ0) is 18.2. The van der Waals surface area contributed by atoms with Crippen molar-refractivity contribution in [3.05, 3.63) is 65.5 Å². The fourth-order valence-electron chi connectivity index (χ4n) is 3.03. The Morgan fingerprint density at radius 3 is 2.92 bits per heavy atom. The summed E-state index contributed by atoms with van der Waals surface area (Å²) in [5.74, 6) is -0.244. The molecule has 5 nitrogen and oxygen atoms in total. The topological polar surface area (TPSA) is 77.8 Å². The molecule has 0 spiro atoms. The molecule has 0 bridgehead atoms. The first kappa shape index (κ1) is 17.7. The van der Waals surface area contributed by atoms with E-state index in [-0.39, 0.29) is 5.91 Å². The average molecular weight is 346 g/mol. The van der Waals surface area contributed by atoms with Crippen molar-refractivity contribution in [1.82, 2.24) is 4.98 Å². The molecular weight excluding hydrogens is 324 g/mol. The highest BCUT2D eigenvalue weighted by Gasteiger charge is 2.09. The van der Waals surface area contributed by atoms with Crippen molar-refractivity contribution in [1.29, 1.82) is 5.26 Å². The van der Waals surface area contributed by atoms with E-state index in [1.54, 1.807) is 42.7 Å². The third-order valence-corrected chi connectivity index (χ3v) is 4.41. The summed E-state index contributed by atoms with van der Waals surface area (Å²) in [6.45, 7) is 0.836. The van der Waals surface area contributed by atoms with Crippen molar-refractivity contribution < 1.29 is 4.79 Å². The minimum absolute atomic E-state index is 0.244. The lowest BCUT2D eigenvalue weighted by Crippen LogP contribution is -2.13. The normalized spacial score (nSPS) is 13.4. The number of anilines is 2. The summed E-state index contributed by atoms with van der Waals surface area (Å²) in [5.41, 5.74) is 3.93. The molecule has 0 saturated carbocycles. The van der Waals surface area contributed by atoms with Crippen LogP contribution in [0.4, 0.5) is 11.4 Å². The van der Waals surface area contributed by atoms with E-state index in [1.807, 2.05) is 0 Å². The van der Waals surface area contributed by atoms with Crippen LogP contribution in [0, 0.1) is 11.3 Å². The molecule has 5 heteroatoms. The van der Waals surface area contributed by atoms with Crippen LogP contribution in [0.25, 0.3) is 0 Å². The van der Waals surface area contributed by atoms with E-state index in [0.717, 1.165) is 18.7 Å². The van der Waals surface area contributed by atoms with Crippen molar-refractivity contribution in [2.45, 2.75) is 32.1 Å². The lowest BCUT2D eigenvalue weighted by Gasteiger charge is -2.13. The van der Waals surface area contributed by atoms with E-state index in [2.05, 4.69) is 27.8 Å². The number of nitrogens with one attached hydrogen (secondary N) is 2. The molecule has 1 aromatic carbocycles. The van der Waals surface area contributed by atoms with Gasteiger partial charge < -0.3 is 10.6 Å². The zero-order valence-electron chi connectivity index (χ0n) is 14.7. The number of nitriles is 1. The number of allylic oxidation sites excluding steroid dienone is 1. The first-order valence-corrected chi connectivity index (χ1v) is 8.93. The van der Waals surface area contributed by atoms with Crippen molar-refractivity contribution in [3.63, 3.8) is 0 Å². The van der Waals surface area contributed by atoms with Crippen molar-refractivity contribution in [3.8, 4) is 6.07 Å². The summed E-state index contributed by atoms with van der Waals surface area (Å²) in [4.78, 5) is 16.6. The van der Waals surface area contributed by atoms with Gasteiger partial charge in [-0.1, -0.05) is 17.7 Å². The Morgan fingerprint density at radius 1 is 1.19 bits per heavy atom. The Labute approximate surface area is 153 Å². The van der Waals surface area contributed by atoms with Crippen LogP contribution in [-0.4, -0.2) is 17.4 Å². The van der Waals surface area contributed by atoms with Crippen LogP contribution >= 0.6 is 0 Å². The highest BCUT2D eigenvalue weighted by atomic mass is 16.1. The number of amides is 1. The molecule has 0 unspecified atom stereocenters. The van der Waals surface area contributed by atoms with Gasteiger partial charge in [0.25, 0.3) is 5.91 Å². The summed E-state index contributed by atoms with van der Waals surface area (Å²) in [7, 11) is 0. The molecule has 0 saturated heterocycles. The highest BCUT2D eigenvalue weighted by molar-refractivity contribution is 6.04. The molecule has 0 aliphatic heterocycles. The molecule has 3 rings (SSSR count). The number of rotatable bonds is 6. The standard InChI is InChI=1S/C21H22N4O/c22-13-17-7-4-8-19(11-17)25-21(26)18-12-20(15-23-14-18)24-10-9-16-5-2-1-3-6-16/h4-5,7-8,11-12,14-15,24H,1-3,6,9-10H2,(H,25,26). The van der Waals surface area contributed by atoms with Gasteiger partial charge >= 0.3 is 0 Å². The molecule has 0 atom stereocenters. The predicted octanol–water partition coefficient (Wildman–Crippen LogP) is 4.51. The molecule has 1 aliphatic rings. The number of benzene rings is 1. The second-order valence-electron chi connectivity index (χ2n) is 6.39. The highest BCUT2D eigenvalue weighted by Crippen LogP contribution is 2.20. The largest absolute Gasteiger partial charge is 0.383 e. The predicted molar refractivity (Wildman–Crippen MR) is 103 cm³/mol. The second kappa shape index (κ2) is 8.82. The monoisotopic (exact) mass is 346 g/mol. The Morgan fingerprint density at radius 2 is 2.12 bits per heavy atom. The SMILES string of the molecule is N#Cc1cccc(NC(=O)c2cncc(NCCC3=CCCCC3)c2)c1. The smallest absolute Gasteiger partial charge is 0.257 e. The fraction of sp³-hybridized carbons (Fsp3) is 0.286. The van der Waals surface area contributed by atoms with Crippen LogP contribution in [0.5, 0.6) is 0 Å². The quantitative estimate of drug-likeness (QED) is 0.755. The molecule has 26 heavy (non-hydrogen) atoms. The summed E-state index contributed by atoms with van der Waals surface area (Å²) >= 11 is 0. The lowest BCUT2D eigenvalue weighted by molar-refractivity contribution is 0.102.